The zero-order chi connectivity index (χ0) is 32.1. The van der Waals surface area contributed by atoms with Gasteiger partial charge in [0, 0.05) is 37.2 Å². The van der Waals surface area contributed by atoms with Crippen LogP contribution in [0.1, 0.15) is 0 Å². The third-order valence-corrected chi connectivity index (χ3v) is 11.0. The maximum absolute atomic E-state index is 6.68. The van der Waals surface area contributed by atoms with Crippen molar-refractivity contribution in [2.24, 2.45) is 0 Å². The SMILES string of the molecule is c1ccc(-c2ccc3c(c2)oc2nc(-c4ccccc4)nc(-n4c5ccccc5c5c6ccccc6c6c7ccccc7sc6c54)c23)cc1. The summed E-state index contributed by atoms with van der Waals surface area (Å²) in [6, 6.07) is 53.4. The van der Waals surface area contributed by atoms with Crippen molar-refractivity contribution in [1.82, 2.24) is 14.5 Å². The van der Waals surface area contributed by atoms with Crippen LogP contribution < -0.4 is 0 Å². The van der Waals surface area contributed by atoms with Gasteiger partial charge in [0.2, 0.25) is 5.71 Å². The first kappa shape index (κ1) is 26.7. The lowest BCUT2D eigenvalue weighted by atomic mass is 9.99. The number of nitrogens with zero attached hydrogens (tertiary/aromatic N) is 3. The first-order chi connectivity index (χ1) is 24.3. The van der Waals surface area contributed by atoms with Gasteiger partial charge in [0.05, 0.1) is 21.1 Å². The molecule has 0 saturated carbocycles. The van der Waals surface area contributed by atoms with E-state index in [-0.39, 0.29) is 0 Å². The van der Waals surface area contributed by atoms with Crippen molar-refractivity contribution < 1.29 is 4.42 Å². The van der Waals surface area contributed by atoms with E-state index in [1.54, 1.807) is 0 Å². The Kier molecular flexibility index (Phi) is 5.51. The third-order valence-electron chi connectivity index (χ3n) is 9.82. The highest BCUT2D eigenvalue weighted by atomic mass is 32.1. The van der Waals surface area contributed by atoms with Crippen molar-refractivity contribution in [3.8, 4) is 28.3 Å². The van der Waals surface area contributed by atoms with Crippen LogP contribution >= 0.6 is 11.3 Å². The summed E-state index contributed by atoms with van der Waals surface area (Å²) in [5.74, 6) is 1.44. The molecule has 0 aliphatic rings. The summed E-state index contributed by atoms with van der Waals surface area (Å²) >= 11 is 1.85. The van der Waals surface area contributed by atoms with E-state index in [0.29, 0.717) is 11.5 Å². The largest absolute Gasteiger partial charge is 0.437 e. The lowest BCUT2D eigenvalue weighted by Gasteiger charge is -2.12. The highest BCUT2D eigenvalue weighted by Gasteiger charge is 2.26. The van der Waals surface area contributed by atoms with Crippen LogP contribution in [-0.2, 0) is 0 Å². The molecule has 5 heteroatoms. The van der Waals surface area contributed by atoms with E-state index in [0.717, 1.165) is 49.9 Å². The van der Waals surface area contributed by atoms with Gasteiger partial charge in [-0.15, -0.1) is 11.3 Å². The molecule has 4 aromatic heterocycles. The molecule has 0 atom stereocenters. The number of aromatic nitrogens is 3. The van der Waals surface area contributed by atoms with E-state index in [9.17, 15) is 0 Å². The van der Waals surface area contributed by atoms with Crippen LogP contribution in [0.3, 0.4) is 0 Å². The van der Waals surface area contributed by atoms with Gasteiger partial charge in [-0.2, -0.15) is 4.98 Å². The van der Waals surface area contributed by atoms with Gasteiger partial charge >= 0.3 is 0 Å². The predicted octanol–water partition coefficient (Wildman–Crippen LogP) is 12.3. The molecule has 0 bridgehead atoms. The number of hydrogen-bond donors (Lipinski definition) is 0. The topological polar surface area (TPSA) is 43.9 Å². The number of para-hydroxylation sites is 1. The Hall–Kier alpha value is -6.30. The molecule has 0 N–H and O–H groups in total. The van der Waals surface area contributed by atoms with E-state index in [4.69, 9.17) is 14.4 Å². The zero-order valence-corrected chi connectivity index (χ0v) is 26.9. The molecule has 11 rings (SSSR count). The van der Waals surface area contributed by atoms with Crippen LogP contribution in [0.4, 0.5) is 0 Å². The first-order valence-corrected chi connectivity index (χ1v) is 17.2. The summed E-state index contributed by atoms with van der Waals surface area (Å²) in [5.41, 5.74) is 6.79. The van der Waals surface area contributed by atoms with Crippen LogP contribution in [0, 0.1) is 0 Å². The van der Waals surface area contributed by atoms with E-state index in [1.807, 2.05) is 35.6 Å². The Morgan fingerprint density at radius 3 is 1.94 bits per heavy atom. The lowest BCUT2D eigenvalue weighted by Crippen LogP contribution is -2.02. The molecular weight excluding hydrogens is 619 g/mol. The minimum atomic E-state index is 0.573. The van der Waals surface area contributed by atoms with Gasteiger partial charge in [0.15, 0.2) is 11.6 Å². The third kappa shape index (κ3) is 3.79. The van der Waals surface area contributed by atoms with Crippen LogP contribution in [-0.4, -0.2) is 14.5 Å². The molecule has 11 aromatic rings. The average molecular weight is 644 g/mol. The Balaban J connectivity index is 1.35. The fourth-order valence-electron chi connectivity index (χ4n) is 7.69. The van der Waals surface area contributed by atoms with E-state index in [1.165, 1.54) is 41.7 Å². The maximum Gasteiger partial charge on any atom is 0.233 e. The summed E-state index contributed by atoms with van der Waals surface area (Å²) in [6.07, 6.45) is 0. The molecule has 0 unspecified atom stereocenters. The smallest absolute Gasteiger partial charge is 0.233 e. The Morgan fingerprint density at radius 1 is 0.490 bits per heavy atom. The van der Waals surface area contributed by atoms with Crippen LogP contribution in [0.15, 0.2) is 156 Å². The van der Waals surface area contributed by atoms with Crippen molar-refractivity contribution in [3.05, 3.63) is 152 Å². The number of thiophene rings is 1. The van der Waals surface area contributed by atoms with Crippen LogP contribution in [0.2, 0.25) is 0 Å². The summed E-state index contributed by atoms with van der Waals surface area (Å²) < 4.78 is 11.6. The van der Waals surface area contributed by atoms with Gasteiger partial charge in [-0.05, 0) is 46.2 Å². The van der Waals surface area contributed by atoms with Crippen molar-refractivity contribution >= 4 is 86.2 Å². The van der Waals surface area contributed by atoms with Gasteiger partial charge in [-0.25, -0.2) is 4.98 Å². The summed E-state index contributed by atoms with van der Waals surface area (Å²) in [6.45, 7) is 0. The summed E-state index contributed by atoms with van der Waals surface area (Å²) in [4.78, 5) is 10.5. The van der Waals surface area contributed by atoms with E-state index in [2.05, 4.69) is 132 Å². The molecule has 4 nitrogen and oxygen atoms in total. The second-order valence-electron chi connectivity index (χ2n) is 12.5. The number of benzene rings is 7. The lowest BCUT2D eigenvalue weighted by molar-refractivity contribution is 0.653. The quantitative estimate of drug-likeness (QED) is 0.192. The average Bonchev–Trinajstić information content (AvgIpc) is 3.85. The molecule has 0 fully saturated rings. The second-order valence-corrected chi connectivity index (χ2v) is 13.6. The van der Waals surface area contributed by atoms with E-state index < -0.39 is 0 Å². The highest BCUT2D eigenvalue weighted by molar-refractivity contribution is 7.27. The number of furan rings is 1. The molecule has 0 aliphatic heterocycles. The number of rotatable bonds is 3. The Labute approximate surface area is 284 Å². The van der Waals surface area contributed by atoms with Crippen molar-refractivity contribution in [1.29, 1.82) is 0 Å². The Bertz CT molecular complexity index is 3100. The molecule has 0 aliphatic carbocycles. The van der Waals surface area contributed by atoms with Gasteiger partial charge in [0.1, 0.15) is 5.58 Å². The second kappa shape index (κ2) is 10.1. The minimum Gasteiger partial charge on any atom is -0.437 e. The van der Waals surface area contributed by atoms with E-state index >= 15 is 0 Å². The molecule has 0 saturated heterocycles. The van der Waals surface area contributed by atoms with Crippen molar-refractivity contribution in [2.75, 3.05) is 0 Å². The molecule has 0 amide bonds. The van der Waals surface area contributed by atoms with Crippen molar-refractivity contribution in [3.63, 3.8) is 0 Å². The van der Waals surface area contributed by atoms with Crippen LogP contribution in [0.5, 0.6) is 0 Å². The van der Waals surface area contributed by atoms with Gasteiger partial charge < -0.3 is 4.42 Å². The molecule has 49 heavy (non-hydrogen) atoms. The molecular formula is C44H25N3OS. The maximum atomic E-state index is 6.68. The molecule has 4 heterocycles. The number of fused-ring (bicyclic) bond motifs is 13. The van der Waals surface area contributed by atoms with Crippen molar-refractivity contribution in [2.45, 2.75) is 0 Å². The Morgan fingerprint density at radius 2 is 1.14 bits per heavy atom. The fourth-order valence-corrected chi connectivity index (χ4v) is 8.95. The first-order valence-electron chi connectivity index (χ1n) is 16.4. The molecule has 0 radical (unpaired) electrons. The molecule has 228 valence electrons. The van der Waals surface area contributed by atoms with Crippen LogP contribution in [0.25, 0.3) is 103 Å². The fraction of sp³-hybridized carbons (Fsp3) is 0. The summed E-state index contributed by atoms with van der Waals surface area (Å²) in [5, 5.41) is 9.39. The zero-order valence-electron chi connectivity index (χ0n) is 26.1. The molecule has 0 spiro atoms. The number of hydrogen-bond acceptors (Lipinski definition) is 4. The molecule has 7 aromatic carbocycles. The highest BCUT2D eigenvalue weighted by Crippen LogP contribution is 2.48. The normalized spacial score (nSPS) is 12.1. The monoisotopic (exact) mass is 643 g/mol. The predicted molar refractivity (Wildman–Crippen MR) is 205 cm³/mol. The minimum absolute atomic E-state index is 0.573. The standard InChI is InChI=1S/C44H25N3OS/c1-3-13-26(14-4-1)28-23-24-32-35(25-28)48-44-39(32)43(45-42(46-44)27-15-5-2-6-16-27)47-34-21-11-9-19-31(34)37-29-17-7-8-18-30(29)38-33-20-10-12-22-36(33)49-41(38)40(37)47/h1-25H. The van der Waals surface area contributed by atoms with Gasteiger partial charge in [-0.3, -0.25) is 4.57 Å². The van der Waals surface area contributed by atoms with Gasteiger partial charge in [-0.1, -0.05) is 127 Å². The van der Waals surface area contributed by atoms with Gasteiger partial charge in [0.25, 0.3) is 0 Å². The summed E-state index contributed by atoms with van der Waals surface area (Å²) in [7, 11) is 0.